The number of nitrogens with one attached hydrogen (secondary N) is 1. The summed E-state index contributed by atoms with van der Waals surface area (Å²) >= 11 is 0. The van der Waals surface area contributed by atoms with E-state index < -0.39 is 0 Å². The second kappa shape index (κ2) is 4.06. The Morgan fingerprint density at radius 3 is 2.90 bits per heavy atom. The summed E-state index contributed by atoms with van der Waals surface area (Å²) in [6, 6.07) is 5.74. The molecule has 2 aromatic rings. The van der Waals surface area contributed by atoms with Crippen molar-refractivity contribution in [3.05, 3.63) is 23.8 Å². The maximum atomic E-state index is 12.0. The number of carbonyl (C=O) groups excluding carboxylic acids is 2. The predicted molar refractivity (Wildman–Crippen MR) is 73.6 cm³/mol. The van der Waals surface area contributed by atoms with E-state index in [4.69, 9.17) is 0 Å². The first-order valence-corrected chi connectivity index (χ1v) is 6.84. The van der Waals surface area contributed by atoms with Gasteiger partial charge in [-0.1, -0.05) is 12.1 Å². The number of imide groups is 1. The summed E-state index contributed by atoms with van der Waals surface area (Å²) in [5, 5.41) is 7.93. The molecule has 1 N–H and O–H groups in total. The number of nitrogens with zero attached hydrogens (tertiary/aromatic N) is 3. The highest BCUT2D eigenvalue weighted by Gasteiger charge is 2.29. The number of hydrogen-bond donors (Lipinski definition) is 1. The molecule has 1 aromatic heterocycles. The van der Waals surface area contributed by atoms with Gasteiger partial charge < -0.3 is 0 Å². The van der Waals surface area contributed by atoms with E-state index in [-0.39, 0.29) is 11.9 Å². The summed E-state index contributed by atoms with van der Waals surface area (Å²) < 4.78 is 1.98. The van der Waals surface area contributed by atoms with E-state index >= 15 is 0 Å². The third kappa shape index (κ3) is 1.54. The lowest BCUT2D eigenvalue weighted by Crippen LogP contribution is -2.49. The molecule has 0 radical (unpaired) electrons. The zero-order valence-electron chi connectivity index (χ0n) is 10.9. The molecule has 0 saturated carbocycles. The van der Waals surface area contributed by atoms with Gasteiger partial charge in [-0.05, 0) is 24.5 Å². The smallest absolute Gasteiger partial charge is 0.278 e. The topological polar surface area (TPSA) is 67.2 Å². The Morgan fingerprint density at radius 1 is 1.15 bits per heavy atom. The highest BCUT2D eigenvalue weighted by molar-refractivity contribution is 6.09. The van der Waals surface area contributed by atoms with Crippen molar-refractivity contribution < 1.29 is 9.59 Å². The molecule has 0 bridgehead atoms. The van der Waals surface area contributed by atoms with E-state index in [1.165, 1.54) is 5.56 Å². The van der Waals surface area contributed by atoms with Crippen LogP contribution in [0.3, 0.4) is 0 Å². The number of rotatable bonds is 1. The molecule has 0 spiro atoms. The summed E-state index contributed by atoms with van der Waals surface area (Å²) in [5.41, 5.74) is 2.40. The molecule has 0 aliphatic carbocycles. The van der Waals surface area contributed by atoms with Crippen LogP contribution >= 0.6 is 0 Å². The Labute approximate surface area is 115 Å². The number of anilines is 1. The van der Waals surface area contributed by atoms with Gasteiger partial charge in [0.25, 0.3) is 0 Å². The van der Waals surface area contributed by atoms with Crippen molar-refractivity contribution in [3.8, 4) is 0 Å². The molecule has 3 heterocycles. The molecular formula is C14H14N4O2. The lowest BCUT2D eigenvalue weighted by molar-refractivity contribution is -0.120. The van der Waals surface area contributed by atoms with Crippen LogP contribution in [-0.2, 0) is 17.8 Å². The van der Waals surface area contributed by atoms with E-state index in [0.29, 0.717) is 18.8 Å². The first-order valence-electron chi connectivity index (χ1n) is 6.84. The lowest BCUT2D eigenvalue weighted by atomic mass is 10.0. The summed E-state index contributed by atoms with van der Waals surface area (Å²) in [6.45, 7) is 1.27. The van der Waals surface area contributed by atoms with Crippen LogP contribution in [0.25, 0.3) is 10.9 Å². The second-order valence-electron chi connectivity index (χ2n) is 5.22. The van der Waals surface area contributed by atoms with Gasteiger partial charge in [0.2, 0.25) is 5.91 Å². The van der Waals surface area contributed by atoms with Crippen molar-refractivity contribution >= 4 is 28.7 Å². The minimum absolute atomic E-state index is 0.222. The maximum Gasteiger partial charge on any atom is 0.329 e. The molecule has 3 amide bonds. The summed E-state index contributed by atoms with van der Waals surface area (Å²) in [6.07, 6.45) is 2.44. The highest BCUT2D eigenvalue weighted by atomic mass is 16.2. The van der Waals surface area contributed by atoms with E-state index in [1.54, 1.807) is 4.90 Å². The van der Waals surface area contributed by atoms with Gasteiger partial charge >= 0.3 is 6.03 Å². The van der Waals surface area contributed by atoms with Crippen LogP contribution in [0.2, 0.25) is 0 Å². The Balaban J connectivity index is 1.87. The van der Waals surface area contributed by atoms with Crippen LogP contribution < -0.4 is 10.2 Å². The van der Waals surface area contributed by atoms with Gasteiger partial charge in [0.05, 0.1) is 5.52 Å². The fourth-order valence-electron chi connectivity index (χ4n) is 3.04. The van der Waals surface area contributed by atoms with Gasteiger partial charge in [-0.15, -0.1) is 0 Å². The minimum atomic E-state index is -0.377. The third-order valence-corrected chi connectivity index (χ3v) is 3.96. The fourth-order valence-corrected chi connectivity index (χ4v) is 3.04. The first-order chi connectivity index (χ1) is 9.74. The van der Waals surface area contributed by atoms with Crippen molar-refractivity contribution in [1.29, 1.82) is 0 Å². The molecule has 102 valence electrons. The number of aromatic nitrogens is 2. The summed E-state index contributed by atoms with van der Waals surface area (Å²) in [4.78, 5) is 24.8. The van der Waals surface area contributed by atoms with Crippen LogP contribution in [0.5, 0.6) is 0 Å². The van der Waals surface area contributed by atoms with Gasteiger partial charge in [-0.3, -0.25) is 19.7 Å². The predicted octanol–water partition coefficient (Wildman–Crippen LogP) is 1.43. The van der Waals surface area contributed by atoms with Crippen molar-refractivity contribution in [3.63, 3.8) is 0 Å². The van der Waals surface area contributed by atoms with Crippen molar-refractivity contribution in [2.24, 2.45) is 0 Å². The van der Waals surface area contributed by atoms with Gasteiger partial charge in [0.1, 0.15) is 0 Å². The molecule has 2 aliphatic heterocycles. The summed E-state index contributed by atoms with van der Waals surface area (Å²) in [5.74, 6) is 0.439. The standard InChI is InChI=1S/C14H14N4O2/c19-11-6-8-17(14(20)15-11)13-10-5-1-3-9-4-2-7-18(16-13)12(9)10/h1,3,5H,2,4,6-8H2,(H,15,19,20). The Bertz CT molecular complexity index is 734. The molecule has 1 saturated heterocycles. The molecule has 20 heavy (non-hydrogen) atoms. The molecule has 1 fully saturated rings. The summed E-state index contributed by atoms with van der Waals surface area (Å²) in [7, 11) is 0. The quantitative estimate of drug-likeness (QED) is 0.852. The zero-order valence-corrected chi connectivity index (χ0v) is 10.9. The lowest BCUT2D eigenvalue weighted by Gasteiger charge is -2.24. The molecule has 1 aromatic carbocycles. The fraction of sp³-hybridized carbons (Fsp3) is 0.357. The van der Waals surface area contributed by atoms with Gasteiger partial charge in [-0.25, -0.2) is 4.79 Å². The van der Waals surface area contributed by atoms with Gasteiger partial charge in [0.15, 0.2) is 5.82 Å². The molecule has 6 nitrogen and oxygen atoms in total. The number of benzene rings is 1. The van der Waals surface area contributed by atoms with E-state index in [9.17, 15) is 9.59 Å². The van der Waals surface area contributed by atoms with E-state index in [2.05, 4.69) is 16.5 Å². The Kier molecular flexibility index (Phi) is 2.33. The number of aryl methyl sites for hydroxylation is 2. The molecule has 6 heteroatoms. The van der Waals surface area contributed by atoms with E-state index in [1.807, 2.05) is 16.8 Å². The van der Waals surface area contributed by atoms with Crippen LogP contribution in [-0.4, -0.2) is 28.3 Å². The van der Waals surface area contributed by atoms with Crippen molar-refractivity contribution in [1.82, 2.24) is 15.1 Å². The monoisotopic (exact) mass is 270 g/mol. The second-order valence-corrected chi connectivity index (χ2v) is 5.22. The molecule has 4 rings (SSSR count). The third-order valence-electron chi connectivity index (χ3n) is 3.96. The van der Waals surface area contributed by atoms with Crippen LogP contribution in [0, 0.1) is 0 Å². The molecule has 0 unspecified atom stereocenters. The minimum Gasteiger partial charge on any atom is -0.278 e. The largest absolute Gasteiger partial charge is 0.329 e. The zero-order chi connectivity index (χ0) is 13.7. The average Bonchev–Trinajstić information content (AvgIpc) is 2.80. The number of amides is 3. The highest BCUT2D eigenvalue weighted by Crippen LogP contribution is 2.32. The number of carbonyl (C=O) groups is 2. The normalized spacial score (nSPS) is 18.5. The van der Waals surface area contributed by atoms with Crippen LogP contribution in [0.15, 0.2) is 18.2 Å². The number of hydrogen-bond acceptors (Lipinski definition) is 3. The number of urea groups is 1. The molecule has 2 aliphatic rings. The van der Waals surface area contributed by atoms with Gasteiger partial charge in [0, 0.05) is 24.9 Å². The Hall–Kier alpha value is -2.37. The Morgan fingerprint density at radius 2 is 2.05 bits per heavy atom. The van der Waals surface area contributed by atoms with Crippen LogP contribution in [0.1, 0.15) is 18.4 Å². The van der Waals surface area contributed by atoms with Crippen LogP contribution in [0.4, 0.5) is 10.6 Å². The van der Waals surface area contributed by atoms with Gasteiger partial charge in [-0.2, -0.15) is 5.10 Å². The molecular weight excluding hydrogens is 256 g/mol. The average molecular weight is 270 g/mol. The van der Waals surface area contributed by atoms with Crippen molar-refractivity contribution in [2.45, 2.75) is 25.8 Å². The SMILES string of the molecule is O=C1CCN(c2nn3c4c(cccc24)CCC3)C(=O)N1. The first kappa shape index (κ1) is 11.5. The maximum absolute atomic E-state index is 12.0. The van der Waals surface area contributed by atoms with Crippen molar-refractivity contribution in [2.75, 3.05) is 11.4 Å². The number of para-hydroxylation sites is 1. The molecule has 0 atom stereocenters. The van der Waals surface area contributed by atoms with E-state index in [0.717, 1.165) is 30.3 Å².